The van der Waals surface area contributed by atoms with Gasteiger partial charge < -0.3 is 4.74 Å². The third kappa shape index (κ3) is 6.95. The zero-order valence-corrected chi connectivity index (χ0v) is 15.1. The Morgan fingerprint density at radius 3 is 2.09 bits per heavy atom. The maximum absolute atomic E-state index is 12.0. The molecule has 0 N–H and O–H groups in total. The number of ether oxygens (including phenoxy) is 1. The molecule has 0 spiro atoms. The van der Waals surface area contributed by atoms with Crippen molar-refractivity contribution in [1.82, 2.24) is 0 Å². The van der Waals surface area contributed by atoms with E-state index in [0.29, 0.717) is 12.5 Å². The number of rotatable bonds is 9. The normalized spacial score (nSPS) is 32.4. The SMILES string of the molecule is CCOC1CCC([C@H]2CC[C@H](CCC/C=C/CCF)CC2)CC1. The van der Waals surface area contributed by atoms with Crippen molar-refractivity contribution in [2.45, 2.75) is 90.1 Å². The van der Waals surface area contributed by atoms with Gasteiger partial charge in [-0.2, -0.15) is 0 Å². The van der Waals surface area contributed by atoms with Crippen LogP contribution in [0.25, 0.3) is 0 Å². The Kier molecular flexibility index (Phi) is 9.26. The van der Waals surface area contributed by atoms with Crippen LogP contribution in [0, 0.1) is 17.8 Å². The molecule has 0 amide bonds. The van der Waals surface area contributed by atoms with Crippen molar-refractivity contribution in [3.63, 3.8) is 0 Å². The lowest BCUT2D eigenvalue weighted by Crippen LogP contribution is -2.28. The maximum atomic E-state index is 12.0. The molecule has 0 heterocycles. The molecule has 0 atom stereocenters. The van der Waals surface area contributed by atoms with Crippen molar-refractivity contribution in [3.8, 4) is 0 Å². The Hall–Kier alpha value is -0.370. The molecule has 23 heavy (non-hydrogen) atoms. The molecule has 0 radical (unpaired) electrons. The third-order valence-corrected chi connectivity index (χ3v) is 6.10. The molecule has 0 aromatic carbocycles. The Labute approximate surface area is 143 Å². The van der Waals surface area contributed by atoms with Crippen LogP contribution in [-0.2, 0) is 4.74 Å². The van der Waals surface area contributed by atoms with Gasteiger partial charge >= 0.3 is 0 Å². The highest BCUT2D eigenvalue weighted by Crippen LogP contribution is 2.41. The summed E-state index contributed by atoms with van der Waals surface area (Å²) in [5.41, 5.74) is 0. The molecule has 2 fully saturated rings. The molecule has 134 valence electrons. The van der Waals surface area contributed by atoms with E-state index >= 15 is 0 Å². The quantitative estimate of drug-likeness (QED) is 0.348. The summed E-state index contributed by atoms with van der Waals surface area (Å²) in [6, 6.07) is 0. The van der Waals surface area contributed by atoms with E-state index in [1.54, 1.807) is 0 Å². The second-order valence-corrected chi connectivity index (χ2v) is 7.65. The first-order valence-corrected chi connectivity index (χ1v) is 10.2. The highest BCUT2D eigenvalue weighted by atomic mass is 19.1. The molecule has 0 unspecified atom stereocenters. The molecule has 2 aliphatic carbocycles. The predicted molar refractivity (Wildman–Crippen MR) is 96.4 cm³/mol. The topological polar surface area (TPSA) is 9.23 Å². The second-order valence-electron chi connectivity index (χ2n) is 7.65. The number of hydrogen-bond donors (Lipinski definition) is 0. The van der Waals surface area contributed by atoms with E-state index in [1.807, 2.05) is 6.08 Å². The Morgan fingerprint density at radius 2 is 1.48 bits per heavy atom. The molecule has 0 aliphatic heterocycles. The lowest BCUT2D eigenvalue weighted by Gasteiger charge is -2.37. The van der Waals surface area contributed by atoms with Gasteiger partial charge in [-0.25, -0.2) is 0 Å². The largest absolute Gasteiger partial charge is 0.379 e. The van der Waals surface area contributed by atoms with Crippen LogP contribution < -0.4 is 0 Å². The van der Waals surface area contributed by atoms with Gasteiger partial charge in [0.1, 0.15) is 0 Å². The predicted octanol–water partition coefficient (Wildman–Crippen LogP) is 6.47. The summed E-state index contributed by atoms with van der Waals surface area (Å²) < 4.78 is 17.8. The first-order valence-electron chi connectivity index (χ1n) is 10.2. The van der Waals surface area contributed by atoms with E-state index in [9.17, 15) is 4.39 Å². The summed E-state index contributed by atoms with van der Waals surface area (Å²) in [5.74, 6) is 2.94. The highest BCUT2D eigenvalue weighted by molar-refractivity contribution is 4.84. The van der Waals surface area contributed by atoms with Gasteiger partial charge in [0.05, 0.1) is 12.8 Å². The molecule has 2 aliphatic rings. The summed E-state index contributed by atoms with van der Waals surface area (Å²) in [5, 5.41) is 0. The van der Waals surface area contributed by atoms with Crippen LogP contribution in [0.15, 0.2) is 12.2 Å². The Balaban J connectivity index is 1.55. The van der Waals surface area contributed by atoms with Crippen molar-refractivity contribution in [1.29, 1.82) is 0 Å². The zero-order valence-electron chi connectivity index (χ0n) is 15.1. The van der Waals surface area contributed by atoms with Gasteiger partial charge in [0, 0.05) is 6.61 Å². The summed E-state index contributed by atoms with van der Waals surface area (Å²) in [6.07, 6.45) is 20.3. The number of hydrogen-bond acceptors (Lipinski definition) is 1. The summed E-state index contributed by atoms with van der Waals surface area (Å²) in [6.45, 7) is 2.78. The minimum atomic E-state index is -0.215. The molecule has 0 aromatic heterocycles. The number of unbranched alkanes of at least 4 members (excludes halogenated alkanes) is 1. The van der Waals surface area contributed by atoms with Crippen molar-refractivity contribution >= 4 is 0 Å². The second kappa shape index (κ2) is 11.2. The van der Waals surface area contributed by atoms with E-state index in [4.69, 9.17) is 4.74 Å². The summed E-state index contributed by atoms with van der Waals surface area (Å²) >= 11 is 0. The maximum Gasteiger partial charge on any atom is 0.0928 e. The van der Waals surface area contributed by atoms with E-state index in [-0.39, 0.29) is 6.67 Å². The summed E-state index contributed by atoms with van der Waals surface area (Å²) in [7, 11) is 0. The smallest absolute Gasteiger partial charge is 0.0928 e. The zero-order chi connectivity index (χ0) is 16.3. The van der Waals surface area contributed by atoms with E-state index in [1.165, 1.54) is 64.2 Å². The van der Waals surface area contributed by atoms with Gasteiger partial charge in [0.25, 0.3) is 0 Å². The Bertz CT molecular complexity index is 312. The molecule has 2 saturated carbocycles. The van der Waals surface area contributed by atoms with Gasteiger partial charge in [-0.15, -0.1) is 0 Å². The fourth-order valence-corrected chi connectivity index (χ4v) is 4.73. The minimum absolute atomic E-state index is 0.215. The minimum Gasteiger partial charge on any atom is -0.379 e. The fourth-order valence-electron chi connectivity index (χ4n) is 4.73. The molecular formula is C21H37FO. The van der Waals surface area contributed by atoms with E-state index < -0.39 is 0 Å². The van der Waals surface area contributed by atoms with Crippen molar-refractivity contribution < 1.29 is 9.13 Å². The highest BCUT2D eigenvalue weighted by Gasteiger charge is 2.30. The average Bonchev–Trinajstić information content (AvgIpc) is 2.60. The van der Waals surface area contributed by atoms with Gasteiger partial charge in [-0.3, -0.25) is 4.39 Å². The van der Waals surface area contributed by atoms with Crippen molar-refractivity contribution in [2.24, 2.45) is 17.8 Å². The monoisotopic (exact) mass is 324 g/mol. The standard InChI is InChI=1S/C21H37FO/c1-2-23-21-15-13-20(14-16-21)19-11-9-18(10-12-19)8-6-4-3-5-7-17-22/h3,5,18-21H,2,4,6-17H2,1H3/b5-3+/t18-,19-,20?,21?. The van der Waals surface area contributed by atoms with Crippen LogP contribution in [0.3, 0.4) is 0 Å². The van der Waals surface area contributed by atoms with Crippen LogP contribution in [0.1, 0.15) is 84.0 Å². The van der Waals surface area contributed by atoms with E-state index in [2.05, 4.69) is 13.0 Å². The fraction of sp³-hybridized carbons (Fsp3) is 0.905. The van der Waals surface area contributed by atoms with Crippen molar-refractivity contribution in [3.05, 3.63) is 12.2 Å². The number of halogens is 1. The number of allylic oxidation sites excluding steroid dienone is 2. The third-order valence-electron chi connectivity index (χ3n) is 6.10. The van der Waals surface area contributed by atoms with Crippen LogP contribution in [0.2, 0.25) is 0 Å². The molecule has 2 rings (SSSR count). The molecule has 2 heteroatoms. The summed E-state index contributed by atoms with van der Waals surface area (Å²) in [4.78, 5) is 0. The van der Waals surface area contributed by atoms with Gasteiger partial charge in [0.2, 0.25) is 0 Å². The van der Waals surface area contributed by atoms with Gasteiger partial charge in [-0.05, 0) is 82.5 Å². The molecule has 0 aromatic rings. The van der Waals surface area contributed by atoms with Gasteiger partial charge in [-0.1, -0.05) is 31.4 Å². The molecule has 1 nitrogen and oxygen atoms in total. The van der Waals surface area contributed by atoms with Crippen LogP contribution >= 0.6 is 0 Å². The lowest BCUT2D eigenvalue weighted by molar-refractivity contribution is 0.0134. The first kappa shape index (κ1) is 19.0. The molecule has 0 saturated heterocycles. The molecular weight excluding hydrogens is 287 g/mol. The van der Waals surface area contributed by atoms with Crippen LogP contribution in [-0.4, -0.2) is 19.4 Å². The Morgan fingerprint density at radius 1 is 0.870 bits per heavy atom. The van der Waals surface area contributed by atoms with Crippen LogP contribution in [0.5, 0.6) is 0 Å². The van der Waals surface area contributed by atoms with E-state index in [0.717, 1.165) is 30.8 Å². The van der Waals surface area contributed by atoms with Gasteiger partial charge in [0.15, 0.2) is 0 Å². The van der Waals surface area contributed by atoms with Crippen molar-refractivity contribution in [2.75, 3.05) is 13.3 Å². The first-order chi connectivity index (χ1) is 11.3. The lowest BCUT2D eigenvalue weighted by atomic mass is 9.70. The average molecular weight is 325 g/mol. The van der Waals surface area contributed by atoms with Crippen LogP contribution in [0.4, 0.5) is 4.39 Å². The number of alkyl halides is 1. The molecule has 0 bridgehead atoms.